The van der Waals surface area contributed by atoms with Crippen molar-refractivity contribution in [1.29, 1.82) is 0 Å². The maximum atomic E-state index is 12.0. The summed E-state index contributed by atoms with van der Waals surface area (Å²) in [6, 6.07) is 15.3. The van der Waals surface area contributed by atoms with Gasteiger partial charge in [-0.3, -0.25) is 4.79 Å². The minimum absolute atomic E-state index is 0.160. The summed E-state index contributed by atoms with van der Waals surface area (Å²) in [6.45, 7) is 3.75. The average Bonchev–Trinajstić information content (AvgIpc) is 2.44. The predicted octanol–water partition coefficient (Wildman–Crippen LogP) is 4.01. The molecule has 0 bridgehead atoms. The third-order valence-electron chi connectivity index (χ3n) is 2.81. The topological polar surface area (TPSA) is 38.3 Å². The highest BCUT2D eigenvalue weighted by Gasteiger charge is 2.14. The van der Waals surface area contributed by atoms with E-state index in [2.05, 4.69) is 27.9 Å². The highest BCUT2D eigenvalue weighted by Crippen LogP contribution is 2.15. The zero-order valence-corrected chi connectivity index (χ0v) is 13.5. The number of rotatable bonds is 4. The highest BCUT2D eigenvalue weighted by atomic mass is 127. The van der Waals surface area contributed by atoms with E-state index in [0.29, 0.717) is 5.75 Å². The van der Waals surface area contributed by atoms with Gasteiger partial charge in [0.15, 0.2) is 6.10 Å². The van der Waals surface area contributed by atoms with Gasteiger partial charge in [0.2, 0.25) is 0 Å². The van der Waals surface area contributed by atoms with E-state index >= 15 is 0 Å². The molecule has 104 valence electrons. The normalized spacial score (nSPS) is 11.8. The van der Waals surface area contributed by atoms with Crippen LogP contribution in [0.1, 0.15) is 12.5 Å². The molecule has 0 aromatic heterocycles. The van der Waals surface area contributed by atoms with Crippen molar-refractivity contribution in [2.75, 3.05) is 5.32 Å². The molecule has 4 heteroatoms. The number of benzene rings is 2. The lowest BCUT2D eigenvalue weighted by Gasteiger charge is -2.15. The minimum Gasteiger partial charge on any atom is -0.481 e. The molecular weight excluding hydrogens is 365 g/mol. The highest BCUT2D eigenvalue weighted by molar-refractivity contribution is 14.1. The lowest BCUT2D eigenvalue weighted by atomic mass is 10.2. The quantitative estimate of drug-likeness (QED) is 0.813. The Morgan fingerprint density at radius 2 is 1.70 bits per heavy atom. The molecule has 0 aliphatic heterocycles. The summed E-state index contributed by atoms with van der Waals surface area (Å²) in [5.74, 6) is 0.535. The number of amides is 1. The van der Waals surface area contributed by atoms with E-state index in [1.165, 1.54) is 0 Å². The maximum Gasteiger partial charge on any atom is 0.265 e. The van der Waals surface area contributed by atoms with Crippen LogP contribution in [-0.4, -0.2) is 12.0 Å². The Balaban J connectivity index is 1.94. The Morgan fingerprint density at radius 1 is 1.10 bits per heavy atom. The molecule has 0 spiro atoms. The summed E-state index contributed by atoms with van der Waals surface area (Å²) in [4.78, 5) is 12.0. The molecule has 1 atom stereocenters. The van der Waals surface area contributed by atoms with Crippen molar-refractivity contribution >= 4 is 34.2 Å². The van der Waals surface area contributed by atoms with Gasteiger partial charge in [-0.05, 0) is 72.8 Å². The smallest absolute Gasteiger partial charge is 0.265 e. The minimum atomic E-state index is -0.544. The van der Waals surface area contributed by atoms with Crippen molar-refractivity contribution in [3.8, 4) is 5.75 Å². The second kappa shape index (κ2) is 6.74. The zero-order chi connectivity index (χ0) is 14.5. The third-order valence-corrected chi connectivity index (χ3v) is 3.53. The van der Waals surface area contributed by atoms with E-state index in [9.17, 15) is 4.79 Å². The molecule has 3 nitrogen and oxygen atoms in total. The lowest BCUT2D eigenvalue weighted by molar-refractivity contribution is -0.122. The van der Waals surface area contributed by atoms with E-state index in [1.54, 1.807) is 6.92 Å². The number of hydrogen-bond acceptors (Lipinski definition) is 2. The van der Waals surface area contributed by atoms with E-state index in [4.69, 9.17) is 4.74 Å². The molecule has 2 aromatic carbocycles. The van der Waals surface area contributed by atoms with E-state index in [0.717, 1.165) is 14.8 Å². The summed E-state index contributed by atoms with van der Waals surface area (Å²) < 4.78 is 6.74. The fourth-order valence-corrected chi connectivity index (χ4v) is 2.01. The van der Waals surface area contributed by atoms with Crippen molar-refractivity contribution in [1.82, 2.24) is 0 Å². The van der Waals surface area contributed by atoms with Gasteiger partial charge in [-0.1, -0.05) is 17.7 Å². The number of anilines is 1. The van der Waals surface area contributed by atoms with Crippen LogP contribution in [0.5, 0.6) is 5.75 Å². The molecule has 0 heterocycles. The van der Waals surface area contributed by atoms with E-state index < -0.39 is 6.10 Å². The van der Waals surface area contributed by atoms with Crippen molar-refractivity contribution < 1.29 is 9.53 Å². The molecule has 1 amide bonds. The molecule has 2 aromatic rings. The van der Waals surface area contributed by atoms with Crippen LogP contribution in [0.3, 0.4) is 0 Å². The van der Waals surface area contributed by atoms with Crippen LogP contribution in [0.4, 0.5) is 5.69 Å². The van der Waals surface area contributed by atoms with Crippen molar-refractivity contribution in [3.05, 3.63) is 57.7 Å². The molecule has 0 aliphatic rings. The Kier molecular flexibility index (Phi) is 5.00. The van der Waals surface area contributed by atoms with Gasteiger partial charge in [-0.15, -0.1) is 0 Å². The number of nitrogens with one attached hydrogen (secondary N) is 1. The van der Waals surface area contributed by atoms with Crippen molar-refractivity contribution in [3.63, 3.8) is 0 Å². The molecule has 0 fully saturated rings. The molecule has 2 rings (SSSR count). The van der Waals surface area contributed by atoms with E-state index in [1.807, 2.05) is 55.5 Å². The predicted molar refractivity (Wildman–Crippen MR) is 89.1 cm³/mol. The maximum absolute atomic E-state index is 12.0. The fourth-order valence-electron chi connectivity index (χ4n) is 1.65. The SMILES string of the molecule is Cc1ccc(O[C@@H](C)C(=O)Nc2ccc(I)cc2)cc1. The molecule has 0 saturated carbocycles. The van der Waals surface area contributed by atoms with Crippen LogP contribution in [-0.2, 0) is 4.79 Å². The van der Waals surface area contributed by atoms with Gasteiger partial charge in [0, 0.05) is 9.26 Å². The Morgan fingerprint density at radius 3 is 2.30 bits per heavy atom. The molecule has 0 saturated heterocycles. The second-order valence-electron chi connectivity index (χ2n) is 4.57. The molecule has 0 aliphatic carbocycles. The summed E-state index contributed by atoms with van der Waals surface area (Å²) in [5, 5.41) is 2.83. The van der Waals surface area contributed by atoms with Crippen molar-refractivity contribution in [2.24, 2.45) is 0 Å². The van der Waals surface area contributed by atoms with Gasteiger partial charge >= 0.3 is 0 Å². The van der Waals surface area contributed by atoms with Gasteiger partial charge in [0.05, 0.1) is 0 Å². The molecular formula is C16H16INO2. The van der Waals surface area contributed by atoms with Gasteiger partial charge in [-0.2, -0.15) is 0 Å². The first kappa shape index (κ1) is 14.8. The first-order valence-electron chi connectivity index (χ1n) is 6.34. The number of halogens is 1. The van der Waals surface area contributed by atoms with Crippen LogP contribution < -0.4 is 10.1 Å². The van der Waals surface area contributed by atoms with Gasteiger partial charge in [0.25, 0.3) is 5.91 Å². The van der Waals surface area contributed by atoms with Crippen LogP contribution in [0.25, 0.3) is 0 Å². The Bertz CT molecular complexity index is 578. The van der Waals surface area contributed by atoms with Crippen LogP contribution >= 0.6 is 22.6 Å². The number of carbonyl (C=O) groups is 1. The Hall–Kier alpha value is -1.56. The zero-order valence-electron chi connectivity index (χ0n) is 11.4. The first-order valence-corrected chi connectivity index (χ1v) is 7.42. The number of aryl methyl sites for hydroxylation is 1. The lowest BCUT2D eigenvalue weighted by Crippen LogP contribution is -2.30. The summed E-state index contributed by atoms with van der Waals surface area (Å²) in [6.07, 6.45) is -0.544. The monoisotopic (exact) mass is 381 g/mol. The number of hydrogen-bond donors (Lipinski definition) is 1. The molecule has 0 radical (unpaired) electrons. The van der Waals surface area contributed by atoms with Crippen molar-refractivity contribution in [2.45, 2.75) is 20.0 Å². The van der Waals surface area contributed by atoms with Gasteiger partial charge in [0.1, 0.15) is 5.75 Å². The summed E-state index contributed by atoms with van der Waals surface area (Å²) in [5.41, 5.74) is 1.93. The second-order valence-corrected chi connectivity index (χ2v) is 5.81. The number of carbonyl (C=O) groups excluding carboxylic acids is 1. The summed E-state index contributed by atoms with van der Waals surface area (Å²) >= 11 is 2.22. The van der Waals surface area contributed by atoms with Crippen LogP contribution in [0.2, 0.25) is 0 Å². The third kappa shape index (κ3) is 4.23. The standard InChI is InChI=1S/C16H16INO2/c1-11-3-9-15(10-4-11)20-12(2)16(19)18-14-7-5-13(17)6-8-14/h3-10,12H,1-2H3,(H,18,19)/t12-/m0/s1. The van der Waals surface area contributed by atoms with Gasteiger partial charge in [-0.25, -0.2) is 0 Å². The molecule has 1 N–H and O–H groups in total. The van der Waals surface area contributed by atoms with E-state index in [-0.39, 0.29) is 5.91 Å². The molecule has 20 heavy (non-hydrogen) atoms. The summed E-state index contributed by atoms with van der Waals surface area (Å²) in [7, 11) is 0. The first-order chi connectivity index (χ1) is 9.54. The largest absolute Gasteiger partial charge is 0.481 e. The molecule has 0 unspecified atom stereocenters. The Labute approximate surface area is 132 Å². The van der Waals surface area contributed by atoms with Crippen LogP contribution in [0.15, 0.2) is 48.5 Å². The van der Waals surface area contributed by atoms with Crippen LogP contribution in [0, 0.1) is 10.5 Å². The van der Waals surface area contributed by atoms with Gasteiger partial charge < -0.3 is 10.1 Å². The number of ether oxygens (including phenoxy) is 1. The average molecular weight is 381 g/mol. The fraction of sp³-hybridized carbons (Fsp3) is 0.188.